The number of aliphatic hydroxyl groups is 1. The van der Waals surface area contributed by atoms with Gasteiger partial charge in [-0.2, -0.15) is 13.2 Å². The summed E-state index contributed by atoms with van der Waals surface area (Å²) in [6.45, 7) is 0.604. The molecule has 0 bridgehead atoms. The van der Waals surface area contributed by atoms with Gasteiger partial charge in [0.05, 0.1) is 19.8 Å². The monoisotopic (exact) mass is 251 g/mol. The first kappa shape index (κ1) is 13.7. The van der Waals surface area contributed by atoms with Crippen molar-refractivity contribution in [2.45, 2.75) is 6.18 Å². The summed E-state index contributed by atoms with van der Waals surface area (Å²) < 4.78 is 41.8. The van der Waals surface area contributed by atoms with E-state index in [0.29, 0.717) is 0 Å². The summed E-state index contributed by atoms with van der Waals surface area (Å²) in [5, 5.41) is 11.0. The Morgan fingerprint density at radius 3 is 2.76 bits per heavy atom. The fourth-order valence-corrected chi connectivity index (χ4v) is 1.00. The van der Waals surface area contributed by atoms with Gasteiger partial charge in [-0.3, -0.25) is 0 Å². The first-order chi connectivity index (χ1) is 8.04. The molecule has 1 aromatic rings. The van der Waals surface area contributed by atoms with Gasteiger partial charge in [-0.25, -0.2) is 9.97 Å². The normalized spacial score (nSPS) is 11.5. The lowest BCUT2D eigenvalue weighted by molar-refractivity contribution is -0.141. The molecule has 1 rings (SSSR count). The quantitative estimate of drug-likeness (QED) is 0.736. The zero-order valence-electron chi connectivity index (χ0n) is 8.87. The molecule has 0 aromatic carbocycles. The van der Waals surface area contributed by atoms with Gasteiger partial charge in [0.25, 0.3) is 0 Å². The van der Waals surface area contributed by atoms with Crippen molar-refractivity contribution in [3.63, 3.8) is 0 Å². The minimum absolute atomic E-state index is 0.0972. The van der Waals surface area contributed by atoms with Crippen LogP contribution in [0.2, 0.25) is 0 Å². The molecule has 17 heavy (non-hydrogen) atoms. The molecule has 0 aliphatic heterocycles. The molecule has 0 atom stereocenters. The van der Waals surface area contributed by atoms with E-state index in [1.807, 2.05) is 0 Å². The highest BCUT2D eigenvalue weighted by atomic mass is 19.4. The lowest BCUT2D eigenvalue weighted by atomic mass is 10.4. The smallest absolute Gasteiger partial charge is 0.394 e. The minimum Gasteiger partial charge on any atom is -0.394 e. The highest BCUT2D eigenvalue weighted by molar-refractivity contribution is 5.25. The summed E-state index contributed by atoms with van der Waals surface area (Å²) in [4.78, 5) is 6.95. The zero-order chi connectivity index (χ0) is 12.7. The number of aliphatic hydroxyl groups excluding tert-OH is 1. The highest BCUT2D eigenvalue weighted by Crippen LogP contribution is 2.27. The van der Waals surface area contributed by atoms with Gasteiger partial charge in [0.15, 0.2) is 0 Å². The van der Waals surface area contributed by atoms with Gasteiger partial charge in [0.2, 0.25) is 5.95 Å². The molecule has 0 aliphatic rings. The van der Waals surface area contributed by atoms with Crippen LogP contribution in [-0.2, 0) is 10.9 Å². The number of alkyl halides is 3. The topological polar surface area (TPSA) is 67.3 Å². The van der Waals surface area contributed by atoms with Crippen LogP contribution in [0.4, 0.5) is 19.1 Å². The maximum Gasteiger partial charge on any atom is 0.433 e. The molecule has 0 unspecified atom stereocenters. The number of nitrogens with one attached hydrogen (secondary N) is 1. The number of aromatic nitrogens is 2. The van der Waals surface area contributed by atoms with Crippen molar-refractivity contribution in [2.75, 3.05) is 31.7 Å². The van der Waals surface area contributed by atoms with Crippen molar-refractivity contribution in [1.82, 2.24) is 9.97 Å². The van der Waals surface area contributed by atoms with Gasteiger partial charge in [-0.1, -0.05) is 0 Å². The average molecular weight is 251 g/mol. The Bertz CT molecular complexity index is 347. The molecule has 0 radical (unpaired) electrons. The first-order valence-electron chi connectivity index (χ1n) is 4.87. The Morgan fingerprint density at radius 2 is 2.12 bits per heavy atom. The molecule has 1 heterocycles. The third kappa shape index (κ3) is 4.96. The lowest BCUT2D eigenvalue weighted by Crippen LogP contribution is -2.15. The van der Waals surface area contributed by atoms with Gasteiger partial charge in [-0.05, 0) is 6.07 Å². The van der Waals surface area contributed by atoms with E-state index in [1.54, 1.807) is 0 Å². The number of nitrogens with zero attached hydrogens (tertiary/aromatic N) is 2. The van der Waals surface area contributed by atoms with E-state index in [2.05, 4.69) is 15.3 Å². The largest absolute Gasteiger partial charge is 0.433 e. The second-order valence-electron chi connectivity index (χ2n) is 3.03. The summed E-state index contributed by atoms with van der Waals surface area (Å²) in [7, 11) is 0. The lowest BCUT2D eigenvalue weighted by Gasteiger charge is -2.08. The molecule has 0 saturated heterocycles. The Balaban J connectivity index is 2.44. The summed E-state index contributed by atoms with van der Waals surface area (Å²) in [5.41, 5.74) is -0.994. The van der Waals surface area contributed by atoms with Gasteiger partial charge in [0, 0.05) is 12.7 Å². The second-order valence-corrected chi connectivity index (χ2v) is 3.03. The highest BCUT2D eigenvalue weighted by Gasteiger charge is 2.32. The van der Waals surface area contributed by atoms with Gasteiger partial charge >= 0.3 is 6.18 Å². The number of ether oxygens (including phenoxy) is 1. The molecule has 0 aliphatic carbocycles. The van der Waals surface area contributed by atoms with Crippen LogP contribution in [0, 0.1) is 0 Å². The van der Waals surface area contributed by atoms with E-state index < -0.39 is 11.9 Å². The van der Waals surface area contributed by atoms with Gasteiger partial charge in [0.1, 0.15) is 5.69 Å². The summed E-state index contributed by atoms with van der Waals surface area (Å²) >= 11 is 0. The summed E-state index contributed by atoms with van der Waals surface area (Å²) in [6, 6.07) is 0.799. The van der Waals surface area contributed by atoms with Crippen molar-refractivity contribution in [3.8, 4) is 0 Å². The molecular formula is C9H12F3N3O2. The van der Waals surface area contributed by atoms with Crippen LogP contribution in [0.5, 0.6) is 0 Å². The Kier molecular flexibility index (Phi) is 5.11. The molecule has 0 spiro atoms. The van der Waals surface area contributed by atoms with Crippen LogP contribution < -0.4 is 5.32 Å². The molecular weight excluding hydrogens is 239 g/mol. The fraction of sp³-hybridized carbons (Fsp3) is 0.556. The predicted molar refractivity (Wildman–Crippen MR) is 53.4 cm³/mol. The van der Waals surface area contributed by atoms with E-state index in [-0.39, 0.29) is 32.3 Å². The van der Waals surface area contributed by atoms with Crippen LogP contribution in [0.3, 0.4) is 0 Å². The summed E-state index contributed by atoms with van der Waals surface area (Å²) in [6.07, 6.45) is -3.44. The molecule has 0 fully saturated rings. The Hall–Kier alpha value is -1.41. The Labute approximate surface area is 95.6 Å². The third-order valence-corrected chi connectivity index (χ3v) is 1.71. The fourth-order valence-electron chi connectivity index (χ4n) is 1.00. The second kappa shape index (κ2) is 6.36. The van der Waals surface area contributed by atoms with Gasteiger partial charge in [-0.15, -0.1) is 0 Å². The van der Waals surface area contributed by atoms with Crippen LogP contribution in [0.15, 0.2) is 12.3 Å². The number of halogens is 3. The van der Waals surface area contributed by atoms with E-state index >= 15 is 0 Å². The van der Waals surface area contributed by atoms with Crippen molar-refractivity contribution in [1.29, 1.82) is 0 Å². The number of rotatable bonds is 6. The number of hydrogen-bond acceptors (Lipinski definition) is 5. The molecule has 96 valence electrons. The number of hydrogen-bond donors (Lipinski definition) is 2. The van der Waals surface area contributed by atoms with E-state index in [9.17, 15) is 13.2 Å². The molecule has 1 aromatic heterocycles. The van der Waals surface area contributed by atoms with E-state index in [4.69, 9.17) is 9.84 Å². The molecule has 2 N–H and O–H groups in total. The Morgan fingerprint density at radius 1 is 1.35 bits per heavy atom. The van der Waals surface area contributed by atoms with Crippen molar-refractivity contribution < 1.29 is 23.0 Å². The molecule has 5 nitrogen and oxygen atoms in total. The maximum atomic E-state index is 12.3. The van der Waals surface area contributed by atoms with Gasteiger partial charge < -0.3 is 15.2 Å². The zero-order valence-corrected chi connectivity index (χ0v) is 8.87. The van der Waals surface area contributed by atoms with Crippen LogP contribution in [-0.4, -0.2) is 41.4 Å². The third-order valence-electron chi connectivity index (χ3n) is 1.71. The average Bonchev–Trinajstić information content (AvgIpc) is 2.28. The predicted octanol–water partition coefficient (Wildman–Crippen LogP) is 0.916. The van der Waals surface area contributed by atoms with E-state index in [1.165, 1.54) is 0 Å². The maximum absolute atomic E-state index is 12.3. The van der Waals surface area contributed by atoms with Crippen LogP contribution in [0.1, 0.15) is 5.69 Å². The van der Waals surface area contributed by atoms with Crippen molar-refractivity contribution >= 4 is 5.95 Å². The molecule has 0 amide bonds. The SMILES string of the molecule is OCCOCCNc1nccc(C(F)(F)F)n1. The first-order valence-corrected chi connectivity index (χ1v) is 4.87. The standard InChI is InChI=1S/C9H12F3N3O2/c10-9(11,12)7-1-2-13-8(15-7)14-3-5-17-6-4-16/h1-2,16H,3-6H2,(H,13,14,15). The minimum atomic E-state index is -4.48. The molecule has 0 saturated carbocycles. The summed E-state index contributed by atoms with van der Waals surface area (Å²) in [5.74, 6) is -0.104. The van der Waals surface area contributed by atoms with Crippen LogP contribution in [0.25, 0.3) is 0 Å². The molecule has 8 heteroatoms. The van der Waals surface area contributed by atoms with Crippen molar-refractivity contribution in [2.24, 2.45) is 0 Å². The van der Waals surface area contributed by atoms with E-state index in [0.717, 1.165) is 12.3 Å². The number of anilines is 1. The van der Waals surface area contributed by atoms with Crippen LogP contribution >= 0.6 is 0 Å². The van der Waals surface area contributed by atoms with Crippen molar-refractivity contribution in [3.05, 3.63) is 18.0 Å².